The first-order valence-corrected chi connectivity index (χ1v) is 5.46. The maximum Gasteiger partial charge on any atom is 0.215 e. The van der Waals surface area contributed by atoms with E-state index in [1.807, 2.05) is 6.20 Å². The molecule has 4 heteroatoms. The molecule has 2 unspecified atom stereocenters. The fourth-order valence-electron chi connectivity index (χ4n) is 1.78. The fourth-order valence-corrected chi connectivity index (χ4v) is 1.78. The number of aromatic nitrogens is 2. The van der Waals surface area contributed by atoms with E-state index in [-0.39, 0.29) is 0 Å². The average molecular weight is 210 g/mol. The smallest absolute Gasteiger partial charge is 0.215 e. The highest BCUT2D eigenvalue weighted by atomic mass is 16.5. The van der Waals surface area contributed by atoms with E-state index in [0.29, 0.717) is 25.0 Å². The van der Waals surface area contributed by atoms with Gasteiger partial charge in [-0.25, -0.2) is 4.68 Å². The maximum absolute atomic E-state index is 9.43. The summed E-state index contributed by atoms with van der Waals surface area (Å²) in [5.74, 6) is 1.83. The van der Waals surface area contributed by atoms with Crippen molar-refractivity contribution >= 4 is 0 Å². The zero-order chi connectivity index (χ0) is 11.0. The van der Waals surface area contributed by atoms with Crippen molar-refractivity contribution in [1.82, 2.24) is 9.78 Å². The molecule has 0 saturated heterocycles. The quantitative estimate of drug-likeness (QED) is 0.802. The summed E-state index contributed by atoms with van der Waals surface area (Å²) in [6.07, 6.45) is 1.43. The molecule has 2 atom stereocenters. The molecule has 1 aromatic rings. The SMILES string of the molecule is CC(C)C(C)c1cnn2c1OCC(O)C2. The van der Waals surface area contributed by atoms with Gasteiger partial charge < -0.3 is 9.84 Å². The van der Waals surface area contributed by atoms with Gasteiger partial charge >= 0.3 is 0 Å². The van der Waals surface area contributed by atoms with Crippen LogP contribution in [0.2, 0.25) is 0 Å². The van der Waals surface area contributed by atoms with Gasteiger partial charge in [-0.3, -0.25) is 0 Å². The first kappa shape index (κ1) is 10.5. The Hall–Kier alpha value is -1.03. The number of aliphatic hydroxyl groups is 1. The molecule has 1 aliphatic heterocycles. The lowest BCUT2D eigenvalue weighted by Crippen LogP contribution is -2.30. The fraction of sp³-hybridized carbons (Fsp3) is 0.727. The van der Waals surface area contributed by atoms with Gasteiger partial charge in [0.1, 0.15) is 12.7 Å². The van der Waals surface area contributed by atoms with Gasteiger partial charge in [0.25, 0.3) is 0 Å². The molecule has 0 amide bonds. The van der Waals surface area contributed by atoms with Gasteiger partial charge in [-0.2, -0.15) is 5.10 Å². The minimum Gasteiger partial charge on any atom is -0.475 e. The standard InChI is InChI=1S/C11H18N2O2/c1-7(2)8(3)10-4-12-13-5-9(14)6-15-11(10)13/h4,7-9,14H,5-6H2,1-3H3. The van der Waals surface area contributed by atoms with E-state index in [1.165, 1.54) is 0 Å². The van der Waals surface area contributed by atoms with Crippen LogP contribution in [-0.2, 0) is 6.54 Å². The van der Waals surface area contributed by atoms with Crippen LogP contribution in [0.5, 0.6) is 5.88 Å². The Morgan fingerprint density at radius 2 is 2.27 bits per heavy atom. The largest absolute Gasteiger partial charge is 0.475 e. The van der Waals surface area contributed by atoms with Gasteiger partial charge in [0.15, 0.2) is 0 Å². The number of rotatable bonds is 2. The van der Waals surface area contributed by atoms with Gasteiger partial charge in [0.2, 0.25) is 5.88 Å². The highest BCUT2D eigenvalue weighted by Gasteiger charge is 2.25. The van der Waals surface area contributed by atoms with Crippen molar-refractivity contribution in [2.45, 2.75) is 39.3 Å². The molecule has 4 nitrogen and oxygen atoms in total. The summed E-state index contributed by atoms with van der Waals surface area (Å²) in [5, 5.41) is 13.7. The predicted octanol–water partition coefficient (Wildman–Crippen LogP) is 1.40. The molecule has 0 spiro atoms. The molecule has 0 aliphatic carbocycles. The van der Waals surface area contributed by atoms with Gasteiger partial charge in [-0.15, -0.1) is 0 Å². The van der Waals surface area contributed by atoms with Crippen molar-refractivity contribution < 1.29 is 9.84 Å². The maximum atomic E-state index is 9.43. The van der Waals surface area contributed by atoms with Crippen molar-refractivity contribution in [2.24, 2.45) is 5.92 Å². The van der Waals surface area contributed by atoms with E-state index >= 15 is 0 Å². The van der Waals surface area contributed by atoms with Gasteiger partial charge in [0, 0.05) is 5.56 Å². The lowest BCUT2D eigenvalue weighted by molar-refractivity contribution is 0.0547. The molecule has 0 radical (unpaired) electrons. The second kappa shape index (κ2) is 3.85. The third-order valence-electron chi connectivity index (χ3n) is 3.10. The third kappa shape index (κ3) is 1.86. The van der Waals surface area contributed by atoms with Crippen LogP contribution in [0, 0.1) is 5.92 Å². The zero-order valence-electron chi connectivity index (χ0n) is 9.47. The summed E-state index contributed by atoms with van der Waals surface area (Å²) in [6, 6.07) is 0. The van der Waals surface area contributed by atoms with Crippen LogP contribution >= 0.6 is 0 Å². The highest BCUT2D eigenvalue weighted by molar-refractivity contribution is 5.29. The molecule has 1 N–H and O–H groups in total. The van der Waals surface area contributed by atoms with Crippen molar-refractivity contribution in [3.05, 3.63) is 11.8 Å². The first-order chi connectivity index (χ1) is 7.09. The minimum atomic E-state index is -0.431. The average Bonchev–Trinajstić information content (AvgIpc) is 2.59. The zero-order valence-corrected chi connectivity index (χ0v) is 9.47. The van der Waals surface area contributed by atoms with Crippen LogP contribution in [0.4, 0.5) is 0 Å². The van der Waals surface area contributed by atoms with Gasteiger partial charge in [-0.1, -0.05) is 20.8 Å². The number of aliphatic hydroxyl groups excluding tert-OH is 1. The normalized spacial score (nSPS) is 22.3. The molecular formula is C11H18N2O2. The van der Waals surface area contributed by atoms with Crippen LogP contribution in [0.1, 0.15) is 32.3 Å². The lowest BCUT2D eigenvalue weighted by atomic mass is 9.92. The summed E-state index contributed by atoms with van der Waals surface area (Å²) in [7, 11) is 0. The van der Waals surface area contributed by atoms with Gasteiger partial charge in [0.05, 0.1) is 12.7 Å². The second-order valence-electron chi connectivity index (χ2n) is 4.58. The topological polar surface area (TPSA) is 47.3 Å². The predicted molar refractivity (Wildman–Crippen MR) is 57.0 cm³/mol. The molecule has 2 rings (SSSR count). The Morgan fingerprint density at radius 1 is 1.53 bits per heavy atom. The summed E-state index contributed by atoms with van der Waals surface area (Å²) < 4.78 is 7.28. The van der Waals surface area contributed by atoms with Crippen LogP contribution in [0.15, 0.2) is 6.20 Å². The monoisotopic (exact) mass is 210 g/mol. The Balaban J connectivity index is 2.28. The highest BCUT2D eigenvalue weighted by Crippen LogP contribution is 2.32. The summed E-state index contributed by atoms with van der Waals surface area (Å²) in [6.45, 7) is 7.47. The molecule has 0 aromatic carbocycles. The van der Waals surface area contributed by atoms with Crippen LogP contribution in [-0.4, -0.2) is 27.6 Å². The van der Waals surface area contributed by atoms with Crippen molar-refractivity contribution in [1.29, 1.82) is 0 Å². The Bertz CT molecular complexity index is 346. The number of nitrogens with zero attached hydrogens (tertiary/aromatic N) is 2. The molecule has 84 valence electrons. The minimum absolute atomic E-state index is 0.378. The number of ether oxygens (including phenoxy) is 1. The molecule has 1 aromatic heterocycles. The van der Waals surface area contributed by atoms with Crippen LogP contribution < -0.4 is 4.74 Å². The molecule has 2 heterocycles. The Kier molecular flexibility index (Phi) is 2.69. The summed E-state index contributed by atoms with van der Waals surface area (Å²) in [5.41, 5.74) is 1.15. The second-order valence-corrected chi connectivity index (χ2v) is 4.58. The van der Waals surface area contributed by atoms with E-state index in [2.05, 4.69) is 25.9 Å². The number of hydrogen-bond donors (Lipinski definition) is 1. The summed E-state index contributed by atoms with van der Waals surface area (Å²) in [4.78, 5) is 0. The van der Waals surface area contributed by atoms with E-state index in [0.717, 1.165) is 11.4 Å². The summed E-state index contributed by atoms with van der Waals surface area (Å²) >= 11 is 0. The molecule has 1 aliphatic rings. The van der Waals surface area contributed by atoms with Crippen molar-refractivity contribution in [2.75, 3.05) is 6.61 Å². The number of hydrogen-bond acceptors (Lipinski definition) is 3. The molecule has 0 bridgehead atoms. The first-order valence-electron chi connectivity index (χ1n) is 5.46. The van der Waals surface area contributed by atoms with E-state index in [9.17, 15) is 5.11 Å². The van der Waals surface area contributed by atoms with Gasteiger partial charge in [-0.05, 0) is 11.8 Å². The number of fused-ring (bicyclic) bond motifs is 1. The van der Waals surface area contributed by atoms with E-state index < -0.39 is 6.10 Å². The van der Waals surface area contributed by atoms with Crippen LogP contribution in [0.3, 0.4) is 0 Å². The van der Waals surface area contributed by atoms with Crippen molar-refractivity contribution in [3.63, 3.8) is 0 Å². The lowest BCUT2D eigenvalue weighted by Gasteiger charge is -2.23. The van der Waals surface area contributed by atoms with E-state index in [4.69, 9.17) is 4.74 Å². The molecular weight excluding hydrogens is 192 g/mol. The Labute approximate surface area is 89.9 Å². The molecule has 0 fully saturated rings. The molecule has 15 heavy (non-hydrogen) atoms. The molecule has 0 saturated carbocycles. The Morgan fingerprint density at radius 3 is 2.93 bits per heavy atom. The van der Waals surface area contributed by atoms with Crippen LogP contribution in [0.25, 0.3) is 0 Å². The third-order valence-corrected chi connectivity index (χ3v) is 3.10. The van der Waals surface area contributed by atoms with Crippen molar-refractivity contribution in [3.8, 4) is 5.88 Å². The van der Waals surface area contributed by atoms with E-state index in [1.54, 1.807) is 4.68 Å².